The minimum atomic E-state index is -0.114. The van der Waals surface area contributed by atoms with Gasteiger partial charge in [-0.25, -0.2) is 0 Å². The Morgan fingerprint density at radius 1 is 1.23 bits per heavy atom. The van der Waals surface area contributed by atoms with Crippen LogP contribution in [0.2, 0.25) is 0 Å². The molecule has 115 valence electrons. The van der Waals surface area contributed by atoms with Gasteiger partial charge in [-0.3, -0.25) is 0 Å². The molecule has 0 saturated heterocycles. The van der Waals surface area contributed by atoms with E-state index in [-0.39, 0.29) is 28.3 Å². The van der Waals surface area contributed by atoms with Gasteiger partial charge in [0, 0.05) is 18.4 Å². The lowest BCUT2D eigenvalue weighted by Gasteiger charge is -2.20. The molecule has 22 heavy (non-hydrogen) atoms. The standard InChI is InChI=1S/C18H18NOS.ClH/c1-19-12-11-18(21-13-4-5-14-21)20-17-10-6-8-15-7-2-3-9-16(15)17;/h2-11,13,18-19H,12H2,1H3;1H/t18-,21?;/m0./s1. The zero-order valence-corrected chi connectivity index (χ0v) is 14.0. The van der Waals surface area contributed by atoms with Crippen LogP contribution >= 0.6 is 22.9 Å². The molecule has 2 nitrogen and oxygen atoms in total. The Labute approximate surface area is 140 Å². The van der Waals surface area contributed by atoms with Crippen LogP contribution in [0.1, 0.15) is 0 Å². The van der Waals surface area contributed by atoms with Gasteiger partial charge in [0.2, 0.25) is 0 Å². The van der Waals surface area contributed by atoms with Crippen molar-refractivity contribution in [3.63, 3.8) is 0 Å². The van der Waals surface area contributed by atoms with E-state index in [0.717, 1.165) is 17.7 Å². The minimum absolute atomic E-state index is 0. The molecule has 3 rings (SSSR count). The summed E-state index contributed by atoms with van der Waals surface area (Å²) in [4.78, 5) is 0. The van der Waals surface area contributed by atoms with Crippen LogP contribution in [0.3, 0.4) is 0 Å². The van der Waals surface area contributed by atoms with Gasteiger partial charge in [-0.1, -0.05) is 51.9 Å². The van der Waals surface area contributed by atoms with Gasteiger partial charge in [-0.2, -0.15) is 0 Å². The van der Waals surface area contributed by atoms with E-state index in [1.54, 1.807) is 0 Å². The molecular weight excluding hydrogens is 314 g/mol. The molecule has 0 saturated carbocycles. The van der Waals surface area contributed by atoms with Crippen molar-refractivity contribution in [2.24, 2.45) is 0 Å². The van der Waals surface area contributed by atoms with Crippen molar-refractivity contribution in [3.05, 3.63) is 66.4 Å². The summed E-state index contributed by atoms with van der Waals surface area (Å²) < 4.78 is 6.30. The van der Waals surface area contributed by atoms with Crippen molar-refractivity contribution in [3.8, 4) is 5.75 Å². The molecule has 1 heterocycles. The quantitative estimate of drug-likeness (QED) is 0.803. The van der Waals surface area contributed by atoms with E-state index in [4.69, 9.17) is 4.74 Å². The van der Waals surface area contributed by atoms with Crippen molar-refractivity contribution in [1.29, 1.82) is 0 Å². The molecule has 2 aromatic carbocycles. The van der Waals surface area contributed by atoms with Crippen molar-refractivity contribution in [2.75, 3.05) is 13.6 Å². The van der Waals surface area contributed by atoms with Gasteiger partial charge in [-0.05, 0) is 36.1 Å². The first-order valence-electron chi connectivity index (χ1n) is 6.99. The highest BCUT2D eigenvalue weighted by Gasteiger charge is 2.15. The fraction of sp³-hybridized carbons (Fsp3) is 0.167. The van der Waals surface area contributed by atoms with E-state index >= 15 is 0 Å². The summed E-state index contributed by atoms with van der Waals surface area (Å²) in [6.45, 7) is 0.814. The van der Waals surface area contributed by atoms with Crippen LogP contribution in [-0.2, 0) is 0 Å². The Morgan fingerprint density at radius 2 is 2.05 bits per heavy atom. The Bertz CT molecular complexity index is 729. The number of hydrogen-bond donors (Lipinski definition) is 1. The third-order valence-corrected chi connectivity index (χ3v) is 4.93. The molecule has 1 aliphatic heterocycles. The summed E-state index contributed by atoms with van der Waals surface area (Å²) in [5.41, 5.74) is 0.0123. The number of halogens is 1. The second-order valence-corrected chi connectivity index (χ2v) is 6.46. The van der Waals surface area contributed by atoms with Crippen LogP contribution in [0.15, 0.2) is 60.0 Å². The molecule has 0 aliphatic carbocycles. The summed E-state index contributed by atoms with van der Waals surface area (Å²) in [7, 11) is 1.83. The number of benzene rings is 2. The van der Waals surface area contributed by atoms with Crippen LogP contribution in [0.25, 0.3) is 10.8 Å². The average Bonchev–Trinajstić information content (AvgIpc) is 3.06. The summed E-state index contributed by atoms with van der Waals surface area (Å²) in [6, 6.07) is 14.5. The van der Waals surface area contributed by atoms with E-state index < -0.39 is 0 Å². The first-order chi connectivity index (χ1) is 10.4. The van der Waals surface area contributed by atoms with E-state index in [9.17, 15) is 0 Å². The molecule has 0 aromatic heterocycles. The minimum Gasteiger partial charge on any atom is -0.478 e. The molecule has 1 radical (unpaired) electrons. The van der Waals surface area contributed by atoms with Crippen molar-refractivity contribution < 1.29 is 4.74 Å². The summed E-state index contributed by atoms with van der Waals surface area (Å²) in [6.07, 6.45) is 6.17. The molecule has 0 amide bonds. The van der Waals surface area contributed by atoms with Gasteiger partial charge in [0.15, 0.2) is 5.44 Å². The molecular formula is C18H19ClNOS. The Kier molecular flexibility index (Phi) is 6.29. The monoisotopic (exact) mass is 332 g/mol. The van der Waals surface area contributed by atoms with Gasteiger partial charge in [0.25, 0.3) is 0 Å². The zero-order chi connectivity index (χ0) is 14.5. The summed E-state index contributed by atoms with van der Waals surface area (Å²) in [5, 5.41) is 11.0. The maximum absolute atomic E-state index is 6.30. The Hall–Kier alpha value is -1.51. The maximum atomic E-state index is 6.30. The predicted octanol–water partition coefficient (Wildman–Crippen LogP) is 4.14. The van der Waals surface area contributed by atoms with Crippen molar-refractivity contribution in [1.82, 2.24) is 5.32 Å². The third-order valence-electron chi connectivity index (χ3n) is 3.28. The average molecular weight is 333 g/mol. The Morgan fingerprint density at radius 3 is 2.82 bits per heavy atom. The lowest BCUT2D eigenvalue weighted by molar-refractivity contribution is 0.318. The second kappa shape index (κ2) is 8.21. The van der Waals surface area contributed by atoms with E-state index in [1.165, 1.54) is 5.39 Å². The third kappa shape index (κ3) is 3.82. The highest BCUT2D eigenvalue weighted by Crippen LogP contribution is 2.32. The van der Waals surface area contributed by atoms with Crippen LogP contribution in [0, 0.1) is 6.42 Å². The number of allylic oxidation sites excluding steroid dienone is 2. The van der Waals surface area contributed by atoms with Gasteiger partial charge in [-0.15, -0.1) is 12.4 Å². The number of ether oxygens (including phenoxy) is 1. The lowest BCUT2D eigenvalue weighted by atomic mass is 10.1. The first kappa shape index (κ1) is 16.9. The highest BCUT2D eigenvalue weighted by molar-refractivity contribution is 8.17. The summed E-state index contributed by atoms with van der Waals surface area (Å²) in [5.74, 6) is 0.931. The molecule has 4 heteroatoms. The lowest BCUT2D eigenvalue weighted by Crippen LogP contribution is -2.21. The largest absolute Gasteiger partial charge is 0.478 e. The molecule has 1 unspecified atom stereocenters. The second-order valence-electron chi connectivity index (χ2n) is 4.74. The molecule has 1 aliphatic rings. The van der Waals surface area contributed by atoms with Crippen molar-refractivity contribution in [2.45, 2.75) is 5.44 Å². The molecule has 0 fully saturated rings. The van der Waals surface area contributed by atoms with Gasteiger partial charge in [0.1, 0.15) is 5.75 Å². The van der Waals surface area contributed by atoms with E-state index in [1.807, 2.05) is 37.4 Å². The van der Waals surface area contributed by atoms with E-state index in [0.29, 0.717) is 0 Å². The summed E-state index contributed by atoms with van der Waals surface area (Å²) >= 11 is 0. The fourth-order valence-corrected chi connectivity index (χ4v) is 3.63. The van der Waals surface area contributed by atoms with Crippen LogP contribution in [0.5, 0.6) is 5.75 Å². The van der Waals surface area contributed by atoms with Gasteiger partial charge in [0.05, 0.1) is 0 Å². The smallest absolute Gasteiger partial charge is 0.154 e. The SMILES string of the molecule is CNC[CH][C@@H](Oc1cccc2ccccc12)S1=C=CC=C1.Cl. The normalized spacial score (nSPS) is 17.0. The number of hydrogen-bond acceptors (Lipinski definition) is 2. The molecule has 1 N–H and O–H groups in total. The molecule has 0 bridgehead atoms. The molecule has 0 spiro atoms. The number of nitrogens with one attached hydrogen (secondary N) is 1. The predicted molar refractivity (Wildman–Crippen MR) is 100 cm³/mol. The molecule has 2 aromatic rings. The van der Waals surface area contributed by atoms with Crippen molar-refractivity contribution >= 4 is 38.7 Å². The van der Waals surface area contributed by atoms with Gasteiger partial charge >= 0.3 is 0 Å². The molecule has 2 atom stereocenters. The maximum Gasteiger partial charge on any atom is 0.154 e. The van der Waals surface area contributed by atoms with E-state index in [2.05, 4.69) is 46.4 Å². The van der Waals surface area contributed by atoms with Gasteiger partial charge < -0.3 is 10.1 Å². The Balaban J connectivity index is 0.00000176. The first-order valence-corrected chi connectivity index (χ1v) is 8.34. The zero-order valence-electron chi connectivity index (χ0n) is 12.4. The number of rotatable bonds is 6. The highest BCUT2D eigenvalue weighted by atomic mass is 35.5. The number of fused-ring (bicyclic) bond motifs is 1. The van der Waals surface area contributed by atoms with Crippen LogP contribution in [-0.4, -0.2) is 24.1 Å². The van der Waals surface area contributed by atoms with Crippen LogP contribution in [0.4, 0.5) is 0 Å². The fourth-order valence-electron chi connectivity index (χ4n) is 2.27. The topological polar surface area (TPSA) is 21.3 Å². The van der Waals surface area contributed by atoms with Crippen LogP contribution < -0.4 is 10.1 Å².